The van der Waals surface area contributed by atoms with Crippen molar-refractivity contribution in [2.45, 2.75) is 57.6 Å². The summed E-state index contributed by atoms with van der Waals surface area (Å²) < 4.78 is 11.4. The van der Waals surface area contributed by atoms with E-state index in [1.165, 1.54) is 18.9 Å². The van der Waals surface area contributed by atoms with E-state index in [2.05, 4.69) is 6.92 Å². The van der Waals surface area contributed by atoms with Crippen molar-refractivity contribution in [3.8, 4) is 0 Å². The minimum atomic E-state index is -1.22. The predicted octanol–water partition coefficient (Wildman–Crippen LogP) is 1.58. The highest BCUT2D eigenvalue weighted by Crippen LogP contribution is 2.20. The van der Waals surface area contributed by atoms with Crippen LogP contribution in [-0.4, -0.2) is 32.3 Å². The number of aliphatic hydroxyl groups is 1. The molecule has 1 N–H and O–H groups in total. The van der Waals surface area contributed by atoms with Gasteiger partial charge in [0.15, 0.2) is 5.79 Å². The molecular weight excluding hydrogens is 196 g/mol. The second-order valence-corrected chi connectivity index (χ2v) is 7.15. The fraction of sp³-hybridized carbons (Fsp3) is 1.00. The van der Waals surface area contributed by atoms with Gasteiger partial charge in [-0.2, -0.15) is 0 Å². The third-order valence-electron chi connectivity index (χ3n) is 2.47. The van der Waals surface area contributed by atoms with E-state index in [-0.39, 0.29) is 5.73 Å². The van der Waals surface area contributed by atoms with E-state index in [4.69, 9.17) is 9.16 Å². The molecule has 0 aromatic rings. The molecule has 0 saturated carbocycles. The molecule has 0 aliphatic carbocycles. The highest BCUT2D eigenvalue weighted by molar-refractivity contribution is 6.53. The Morgan fingerprint density at radius 1 is 1.50 bits per heavy atom. The van der Waals surface area contributed by atoms with E-state index < -0.39 is 14.8 Å². The maximum Gasteiger partial charge on any atom is 0.205 e. The van der Waals surface area contributed by atoms with E-state index in [9.17, 15) is 5.11 Å². The molecule has 4 heteroatoms. The van der Waals surface area contributed by atoms with Crippen LogP contribution in [0, 0.1) is 0 Å². The third kappa shape index (κ3) is 4.08. The summed E-state index contributed by atoms with van der Waals surface area (Å²) in [7, 11) is -1.22. The summed E-state index contributed by atoms with van der Waals surface area (Å²) in [4.78, 5) is 0. The van der Waals surface area contributed by atoms with Gasteiger partial charge in [0, 0.05) is 6.61 Å². The molecule has 0 aromatic carbocycles. The average molecular weight is 218 g/mol. The Morgan fingerprint density at radius 2 is 2.21 bits per heavy atom. The van der Waals surface area contributed by atoms with Crippen LogP contribution in [0.4, 0.5) is 0 Å². The quantitative estimate of drug-likeness (QED) is 0.575. The van der Waals surface area contributed by atoms with E-state index >= 15 is 0 Å². The van der Waals surface area contributed by atoms with Crippen LogP contribution in [0.1, 0.15) is 40.0 Å². The van der Waals surface area contributed by atoms with Crippen LogP contribution in [0.3, 0.4) is 0 Å². The summed E-state index contributed by atoms with van der Waals surface area (Å²) in [6.45, 7) is 6.36. The first kappa shape index (κ1) is 12.2. The van der Waals surface area contributed by atoms with Gasteiger partial charge < -0.3 is 14.3 Å². The molecule has 0 radical (unpaired) electrons. The van der Waals surface area contributed by atoms with Crippen LogP contribution in [0.2, 0.25) is 6.04 Å². The Hall–Kier alpha value is 0.0969. The molecule has 1 aliphatic heterocycles. The lowest BCUT2D eigenvalue weighted by Gasteiger charge is -2.32. The smallest absolute Gasteiger partial charge is 0.205 e. The summed E-state index contributed by atoms with van der Waals surface area (Å²) in [6, 6.07) is 1.19. The lowest BCUT2D eigenvalue weighted by Crippen LogP contribution is -2.43. The SMILES string of the molecule is CCC(OC(C)(C)O)[SiH]1CCCCO1. The maximum atomic E-state index is 9.59. The summed E-state index contributed by atoms with van der Waals surface area (Å²) in [6.07, 6.45) is 3.39. The van der Waals surface area contributed by atoms with Crippen molar-refractivity contribution in [3.05, 3.63) is 0 Å². The van der Waals surface area contributed by atoms with Gasteiger partial charge in [-0.25, -0.2) is 0 Å². The van der Waals surface area contributed by atoms with Crippen LogP contribution in [0.5, 0.6) is 0 Å². The Morgan fingerprint density at radius 3 is 2.64 bits per heavy atom. The normalized spacial score (nSPS) is 26.1. The summed E-state index contributed by atoms with van der Waals surface area (Å²) in [5.41, 5.74) is 0.162. The summed E-state index contributed by atoms with van der Waals surface area (Å²) >= 11 is 0. The van der Waals surface area contributed by atoms with Gasteiger partial charge in [0.05, 0.1) is 5.73 Å². The van der Waals surface area contributed by atoms with Gasteiger partial charge in [-0.05, 0) is 32.7 Å². The molecule has 84 valence electrons. The lowest BCUT2D eigenvalue weighted by atomic mass is 10.4. The molecule has 0 amide bonds. The van der Waals surface area contributed by atoms with E-state index in [1.54, 1.807) is 13.8 Å². The van der Waals surface area contributed by atoms with Crippen LogP contribution < -0.4 is 0 Å². The van der Waals surface area contributed by atoms with Gasteiger partial charge in [0.25, 0.3) is 0 Å². The Kier molecular flexibility index (Phi) is 4.57. The Labute approximate surface area is 88.1 Å². The first-order valence-corrected chi connectivity index (χ1v) is 7.50. The maximum absolute atomic E-state index is 9.59. The topological polar surface area (TPSA) is 38.7 Å². The third-order valence-corrected chi connectivity index (χ3v) is 5.55. The predicted molar refractivity (Wildman–Crippen MR) is 58.6 cm³/mol. The monoisotopic (exact) mass is 218 g/mol. The van der Waals surface area contributed by atoms with E-state index in [0.29, 0.717) is 0 Å². The molecule has 0 aromatic heterocycles. The molecular formula is C10H22O3Si. The largest absolute Gasteiger partial charge is 0.417 e. The Bertz CT molecular complexity index is 161. The molecule has 2 atom stereocenters. The van der Waals surface area contributed by atoms with Crippen molar-refractivity contribution in [3.63, 3.8) is 0 Å². The fourth-order valence-corrected chi connectivity index (χ4v) is 4.78. The molecule has 2 unspecified atom stereocenters. The summed E-state index contributed by atoms with van der Waals surface area (Å²) in [5, 5.41) is 9.59. The second-order valence-electron chi connectivity index (χ2n) is 4.42. The van der Waals surface area contributed by atoms with Crippen molar-refractivity contribution in [2.24, 2.45) is 0 Å². The lowest BCUT2D eigenvalue weighted by molar-refractivity contribution is -0.191. The first-order chi connectivity index (χ1) is 6.53. The Balaban J connectivity index is 2.43. The molecule has 14 heavy (non-hydrogen) atoms. The van der Waals surface area contributed by atoms with Gasteiger partial charge in [0.2, 0.25) is 9.04 Å². The minimum Gasteiger partial charge on any atom is -0.417 e. The first-order valence-electron chi connectivity index (χ1n) is 5.54. The molecule has 0 spiro atoms. The standard InChI is InChI=1S/C10H22O3Si/c1-4-9(13-10(2,3)11)14-8-6-5-7-12-14/h9,11,14H,4-8H2,1-3H3. The highest BCUT2D eigenvalue weighted by Gasteiger charge is 2.30. The number of hydrogen-bond acceptors (Lipinski definition) is 3. The van der Waals surface area contributed by atoms with Gasteiger partial charge in [0.1, 0.15) is 0 Å². The van der Waals surface area contributed by atoms with Gasteiger partial charge in [-0.3, -0.25) is 0 Å². The van der Waals surface area contributed by atoms with Crippen LogP contribution in [0.15, 0.2) is 0 Å². The van der Waals surface area contributed by atoms with Crippen LogP contribution in [-0.2, 0) is 9.16 Å². The molecule has 1 fully saturated rings. The van der Waals surface area contributed by atoms with Crippen LogP contribution >= 0.6 is 0 Å². The zero-order valence-corrected chi connectivity index (χ0v) is 10.6. The highest BCUT2D eigenvalue weighted by atomic mass is 28.3. The van der Waals surface area contributed by atoms with Crippen molar-refractivity contribution in [1.82, 2.24) is 0 Å². The average Bonchev–Trinajstić information content (AvgIpc) is 2.14. The molecule has 1 aliphatic rings. The molecule has 1 rings (SSSR count). The fourth-order valence-electron chi connectivity index (χ4n) is 1.85. The van der Waals surface area contributed by atoms with Crippen molar-refractivity contribution >= 4 is 9.04 Å². The van der Waals surface area contributed by atoms with Gasteiger partial charge in [-0.15, -0.1) is 0 Å². The minimum absolute atomic E-state index is 0.162. The van der Waals surface area contributed by atoms with Crippen molar-refractivity contribution in [2.75, 3.05) is 6.61 Å². The molecule has 3 nitrogen and oxygen atoms in total. The van der Waals surface area contributed by atoms with Crippen molar-refractivity contribution < 1.29 is 14.3 Å². The molecule has 1 heterocycles. The molecule has 1 saturated heterocycles. The van der Waals surface area contributed by atoms with Gasteiger partial charge >= 0.3 is 0 Å². The van der Waals surface area contributed by atoms with Crippen molar-refractivity contribution in [1.29, 1.82) is 0 Å². The number of rotatable bonds is 4. The zero-order chi connectivity index (χ0) is 10.6. The van der Waals surface area contributed by atoms with E-state index in [1.807, 2.05) is 0 Å². The van der Waals surface area contributed by atoms with Gasteiger partial charge in [-0.1, -0.05) is 13.3 Å². The number of ether oxygens (including phenoxy) is 1. The second kappa shape index (κ2) is 5.26. The van der Waals surface area contributed by atoms with Crippen LogP contribution in [0.25, 0.3) is 0 Å². The van der Waals surface area contributed by atoms with E-state index in [0.717, 1.165) is 13.0 Å². The molecule has 0 bridgehead atoms. The summed E-state index contributed by atoms with van der Waals surface area (Å²) in [5.74, 6) is -1.02. The zero-order valence-electron chi connectivity index (χ0n) is 9.45. The number of hydrogen-bond donors (Lipinski definition) is 1.